The number of morpholine rings is 1. The smallest absolute Gasteiger partial charge is 0.276 e. The fourth-order valence-electron chi connectivity index (χ4n) is 3.21. The number of rotatable bonds is 8. The molecule has 2 aromatic rings. The molecule has 0 bridgehead atoms. The van der Waals surface area contributed by atoms with E-state index < -0.39 is 21.8 Å². The van der Waals surface area contributed by atoms with Gasteiger partial charge in [0.25, 0.3) is 11.8 Å². The van der Waals surface area contributed by atoms with E-state index >= 15 is 0 Å². The molecule has 1 saturated heterocycles. The Morgan fingerprint density at radius 3 is 2.56 bits per heavy atom. The van der Waals surface area contributed by atoms with Crippen LogP contribution >= 0.6 is 0 Å². The standard InChI is InChI=1S/C23H27N3O7S/c1-3-5-17-8-9-20(21(14-17)31-2)33-16-22(27)24-25-23(28)18-6-4-7-19(15-18)34(29,30)26-10-12-32-13-11-26/h3-9,14-15H,10-13,16H2,1-2H3,(H,24,27)(H,25,28)/b5-3+. The highest BCUT2D eigenvalue weighted by molar-refractivity contribution is 7.89. The molecule has 3 rings (SSSR count). The minimum absolute atomic E-state index is 0.00910. The van der Waals surface area contributed by atoms with Crippen molar-refractivity contribution in [3.63, 3.8) is 0 Å². The summed E-state index contributed by atoms with van der Waals surface area (Å²) in [5.41, 5.74) is 5.51. The monoisotopic (exact) mass is 489 g/mol. The number of carbonyl (C=O) groups is 2. The summed E-state index contributed by atoms with van der Waals surface area (Å²) < 4.78 is 42.9. The van der Waals surface area contributed by atoms with Crippen LogP contribution in [-0.2, 0) is 19.6 Å². The molecule has 1 fully saturated rings. The van der Waals surface area contributed by atoms with Gasteiger partial charge in [0.05, 0.1) is 25.2 Å². The quantitative estimate of drug-likeness (QED) is 0.540. The highest BCUT2D eigenvalue weighted by atomic mass is 32.2. The van der Waals surface area contributed by atoms with E-state index in [1.54, 1.807) is 12.1 Å². The Hall–Kier alpha value is -3.41. The summed E-state index contributed by atoms with van der Waals surface area (Å²) in [6, 6.07) is 10.9. The molecule has 34 heavy (non-hydrogen) atoms. The third kappa shape index (κ3) is 6.34. The van der Waals surface area contributed by atoms with Crippen molar-refractivity contribution in [2.45, 2.75) is 11.8 Å². The number of carbonyl (C=O) groups excluding carboxylic acids is 2. The molecule has 0 saturated carbocycles. The van der Waals surface area contributed by atoms with Gasteiger partial charge in [-0.2, -0.15) is 4.31 Å². The number of hydrogen-bond donors (Lipinski definition) is 2. The average Bonchev–Trinajstić information content (AvgIpc) is 2.87. The number of amides is 2. The van der Waals surface area contributed by atoms with Gasteiger partial charge in [0, 0.05) is 18.7 Å². The van der Waals surface area contributed by atoms with E-state index in [4.69, 9.17) is 14.2 Å². The van der Waals surface area contributed by atoms with Crippen molar-refractivity contribution >= 4 is 27.9 Å². The van der Waals surface area contributed by atoms with Gasteiger partial charge in [0.1, 0.15) is 0 Å². The number of ether oxygens (including phenoxy) is 3. The Morgan fingerprint density at radius 2 is 1.85 bits per heavy atom. The van der Waals surface area contributed by atoms with Gasteiger partial charge in [-0.1, -0.05) is 24.3 Å². The Bertz CT molecular complexity index is 1160. The van der Waals surface area contributed by atoms with E-state index in [1.807, 2.05) is 25.1 Å². The molecule has 2 aromatic carbocycles. The van der Waals surface area contributed by atoms with Crippen molar-refractivity contribution in [2.75, 3.05) is 40.0 Å². The molecule has 2 amide bonds. The summed E-state index contributed by atoms with van der Waals surface area (Å²) in [5.74, 6) is -0.435. The number of nitrogens with one attached hydrogen (secondary N) is 2. The number of allylic oxidation sites excluding steroid dienone is 1. The molecule has 2 N–H and O–H groups in total. The average molecular weight is 490 g/mol. The van der Waals surface area contributed by atoms with Crippen LogP contribution in [0.15, 0.2) is 53.4 Å². The fraction of sp³-hybridized carbons (Fsp3) is 0.304. The van der Waals surface area contributed by atoms with Crippen LogP contribution in [0.3, 0.4) is 0 Å². The van der Waals surface area contributed by atoms with Crippen LogP contribution in [-0.4, -0.2) is 64.6 Å². The lowest BCUT2D eigenvalue weighted by atomic mass is 10.2. The fourth-order valence-corrected chi connectivity index (χ4v) is 4.67. The second kappa shape index (κ2) is 11.6. The predicted octanol–water partition coefficient (Wildman–Crippen LogP) is 1.59. The minimum atomic E-state index is -3.75. The van der Waals surface area contributed by atoms with Crippen LogP contribution < -0.4 is 20.3 Å². The summed E-state index contributed by atoms with van der Waals surface area (Å²) in [6.45, 7) is 2.66. The first kappa shape index (κ1) is 25.2. The van der Waals surface area contributed by atoms with Gasteiger partial charge in [0.2, 0.25) is 10.0 Å². The molecular weight excluding hydrogens is 462 g/mol. The summed E-state index contributed by atoms with van der Waals surface area (Å²) in [4.78, 5) is 24.6. The normalized spacial score (nSPS) is 14.5. The van der Waals surface area contributed by atoms with Gasteiger partial charge in [-0.3, -0.25) is 20.4 Å². The van der Waals surface area contributed by atoms with Gasteiger partial charge in [0.15, 0.2) is 18.1 Å². The Balaban J connectivity index is 1.56. The van der Waals surface area contributed by atoms with Gasteiger partial charge >= 0.3 is 0 Å². The molecule has 182 valence electrons. The lowest BCUT2D eigenvalue weighted by Gasteiger charge is -2.26. The molecule has 1 aliphatic heterocycles. The van der Waals surface area contributed by atoms with Crippen LogP contribution in [0.4, 0.5) is 0 Å². The van der Waals surface area contributed by atoms with E-state index in [1.165, 1.54) is 35.7 Å². The summed E-state index contributed by atoms with van der Waals surface area (Å²) >= 11 is 0. The Morgan fingerprint density at radius 1 is 1.09 bits per heavy atom. The van der Waals surface area contributed by atoms with Crippen LogP contribution in [0.1, 0.15) is 22.8 Å². The van der Waals surface area contributed by atoms with Gasteiger partial charge in [-0.05, 0) is 42.8 Å². The van der Waals surface area contributed by atoms with Gasteiger partial charge in [-0.25, -0.2) is 8.42 Å². The molecule has 0 aliphatic carbocycles. The van der Waals surface area contributed by atoms with Crippen molar-refractivity contribution < 1.29 is 32.2 Å². The summed E-state index contributed by atoms with van der Waals surface area (Å²) in [6.07, 6.45) is 3.79. The van der Waals surface area contributed by atoms with E-state index in [2.05, 4.69) is 10.9 Å². The molecule has 10 nitrogen and oxygen atoms in total. The molecule has 1 aliphatic rings. The lowest BCUT2D eigenvalue weighted by molar-refractivity contribution is -0.123. The molecular formula is C23H27N3O7S. The van der Waals surface area contributed by atoms with Crippen LogP contribution in [0.25, 0.3) is 6.08 Å². The largest absolute Gasteiger partial charge is 0.493 e. The molecule has 0 radical (unpaired) electrons. The third-order valence-electron chi connectivity index (χ3n) is 4.93. The van der Waals surface area contributed by atoms with Gasteiger partial charge in [-0.15, -0.1) is 0 Å². The zero-order chi connectivity index (χ0) is 24.6. The van der Waals surface area contributed by atoms with E-state index in [0.29, 0.717) is 24.7 Å². The molecule has 0 aromatic heterocycles. The van der Waals surface area contributed by atoms with Crippen molar-refractivity contribution in [3.05, 3.63) is 59.7 Å². The minimum Gasteiger partial charge on any atom is -0.493 e. The second-order valence-corrected chi connectivity index (χ2v) is 9.18. The third-order valence-corrected chi connectivity index (χ3v) is 6.82. The first-order valence-electron chi connectivity index (χ1n) is 10.6. The van der Waals surface area contributed by atoms with Crippen molar-refractivity contribution in [1.29, 1.82) is 0 Å². The van der Waals surface area contributed by atoms with E-state index in [-0.39, 0.29) is 30.2 Å². The number of methoxy groups -OCH3 is 1. The number of hydrogen-bond acceptors (Lipinski definition) is 7. The summed E-state index contributed by atoms with van der Waals surface area (Å²) in [7, 11) is -2.26. The number of hydrazine groups is 1. The summed E-state index contributed by atoms with van der Waals surface area (Å²) in [5, 5.41) is 0. The van der Waals surface area contributed by atoms with E-state index in [0.717, 1.165) is 5.56 Å². The number of sulfonamides is 1. The van der Waals surface area contributed by atoms with Crippen molar-refractivity contribution in [1.82, 2.24) is 15.2 Å². The molecule has 0 unspecified atom stereocenters. The molecule has 0 spiro atoms. The maximum absolute atomic E-state index is 12.8. The highest BCUT2D eigenvalue weighted by Crippen LogP contribution is 2.28. The Kier molecular flexibility index (Phi) is 8.63. The Labute approximate surface area is 198 Å². The maximum atomic E-state index is 12.8. The van der Waals surface area contributed by atoms with Crippen molar-refractivity contribution in [2.24, 2.45) is 0 Å². The molecule has 11 heteroatoms. The van der Waals surface area contributed by atoms with Crippen LogP contribution in [0, 0.1) is 0 Å². The maximum Gasteiger partial charge on any atom is 0.276 e. The van der Waals surface area contributed by atoms with Crippen LogP contribution in [0.5, 0.6) is 11.5 Å². The number of nitrogens with zero attached hydrogens (tertiary/aromatic N) is 1. The predicted molar refractivity (Wildman–Crippen MR) is 125 cm³/mol. The number of benzene rings is 2. The van der Waals surface area contributed by atoms with Crippen molar-refractivity contribution in [3.8, 4) is 11.5 Å². The SMILES string of the molecule is C/C=C/c1ccc(OCC(=O)NNC(=O)c2cccc(S(=O)(=O)N3CCOCC3)c2)c(OC)c1. The first-order valence-corrected chi connectivity index (χ1v) is 12.0. The second-order valence-electron chi connectivity index (χ2n) is 7.25. The van der Waals surface area contributed by atoms with E-state index in [9.17, 15) is 18.0 Å². The first-order chi connectivity index (χ1) is 16.3. The lowest BCUT2D eigenvalue weighted by Crippen LogP contribution is -2.44. The van der Waals surface area contributed by atoms with Gasteiger partial charge < -0.3 is 14.2 Å². The van der Waals surface area contributed by atoms with Crippen LogP contribution in [0.2, 0.25) is 0 Å². The zero-order valence-corrected chi connectivity index (χ0v) is 19.8. The molecule has 0 atom stereocenters. The topological polar surface area (TPSA) is 123 Å². The molecule has 1 heterocycles. The highest BCUT2D eigenvalue weighted by Gasteiger charge is 2.27. The zero-order valence-electron chi connectivity index (χ0n) is 18.9.